The quantitative estimate of drug-likeness (QED) is 0.587. The van der Waals surface area contributed by atoms with E-state index in [2.05, 4.69) is 5.32 Å². The second-order valence-corrected chi connectivity index (χ2v) is 5.64. The monoisotopic (exact) mass is 289 g/mol. The van der Waals surface area contributed by atoms with Crippen LogP contribution in [0.4, 0.5) is 5.69 Å². The summed E-state index contributed by atoms with van der Waals surface area (Å²) in [6.45, 7) is 2.32. The number of anilines is 1. The zero-order valence-electron chi connectivity index (χ0n) is 11.3. The van der Waals surface area contributed by atoms with Gasteiger partial charge in [0.1, 0.15) is 11.5 Å². The predicted octanol–water partition coefficient (Wildman–Crippen LogP) is 1.70. The zero-order valence-corrected chi connectivity index (χ0v) is 12.1. The summed E-state index contributed by atoms with van der Waals surface area (Å²) in [7, 11) is -0.769. The Morgan fingerprint density at radius 2 is 1.95 bits per heavy atom. The van der Waals surface area contributed by atoms with E-state index in [4.69, 9.17) is 14.0 Å². The summed E-state index contributed by atoms with van der Waals surface area (Å²) in [6, 6.07) is 3.59. The van der Waals surface area contributed by atoms with Gasteiger partial charge in [-0.15, -0.1) is 0 Å². The summed E-state index contributed by atoms with van der Waals surface area (Å²) in [6.07, 6.45) is 0.317. The van der Waals surface area contributed by atoms with Gasteiger partial charge in [0.15, 0.2) is 0 Å². The van der Waals surface area contributed by atoms with Crippen LogP contribution < -0.4 is 14.8 Å². The Hall–Kier alpha value is -1.47. The van der Waals surface area contributed by atoms with Crippen LogP contribution in [-0.4, -0.2) is 39.5 Å². The number of benzene rings is 1. The molecule has 108 valence electrons. The number of hydrogen-bond donors (Lipinski definition) is 2. The van der Waals surface area contributed by atoms with Gasteiger partial charge in [0.2, 0.25) is 0 Å². The van der Waals surface area contributed by atoms with E-state index in [1.165, 1.54) is 0 Å². The Balaban J connectivity index is 2.72. The van der Waals surface area contributed by atoms with E-state index in [9.17, 15) is 8.42 Å². The van der Waals surface area contributed by atoms with Gasteiger partial charge in [-0.1, -0.05) is 0 Å². The first-order valence-corrected chi connectivity index (χ1v) is 7.40. The summed E-state index contributed by atoms with van der Waals surface area (Å²) >= 11 is 0. The molecule has 0 saturated heterocycles. The number of ether oxygens (including phenoxy) is 2. The van der Waals surface area contributed by atoms with E-state index < -0.39 is 10.1 Å². The smallest absolute Gasteiger partial charge is 0.264 e. The molecule has 1 aromatic rings. The topological polar surface area (TPSA) is 84.9 Å². The first-order valence-electron chi connectivity index (χ1n) is 5.79. The third-order valence-electron chi connectivity index (χ3n) is 2.68. The van der Waals surface area contributed by atoms with Gasteiger partial charge >= 0.3 is 0 Å². The number of rotatable bonds is 7. The van der Waals surface area contributed by atoms with E-state index in [0.717, 1.165) is 11.3 Å². The van der Waals surface area contributed by atoms with Crippen LogP contribution in [0.5, 0.6) is 11.5 Å². The van der Waals surface area contributed by atoms with Gasteiger partial charge in [0.25, 0.3) is 10.1 Å². The second-order valence-electron chi connectivity index (χ2n) is 4.07. The van der Waals surface area contributed by atoms with Crippen LogP contribution in [0.25, 0.3) is 0 Å². The van der Waals surface area contributed by atoms with E-state index in [-0.39, 0.29) is 5.75 Å². The molecule has 0 amide bonds. The SMILES string of the molecule is COc1cc(NCCCS(=O)(=O)O)c(C)c(OC)c1. The molecule has 7 heteroatoms. The molecule has 0 aliphatic rings. The predicted molar refractivity (Wildman–Crippen MR) is 73.8 cm³/mol. The first kappa shape index (κ1) is 15.6. The molecule has 0 fully saturated rings. The van der Waals surface area contributed by atoms with Crippen LogP contribution in [0.3, 0.4) is 0 Å². The Kier molecular flexibility index (Phi) is 5.44. The van der Waals surface area contributed by atoms with Crippen molar-refractivity contribution in [2.24, 2.45) is 0 Å². The lowest BCUT2D eigenvalue weighted by Crippen LogP contribution is -2.11. The fourth-order valence-electron chi connectivity index (χ4n) is 1.65. The largest absolute Gasteiger partial charge is 0.497 e. The van der Waals surface area contributed by atoms with Crippen molar-refractivity contribution in [3.63, 3.8) is 0 Å². The fourth-order valence-corrected chi connectivity index (χ4v) is 2.16. The Morgan fingerprint density at radius 1 is 1.26 bits per heavy atom. The molecule has 19 heavy (non-hydrogen) atoms. The van der Waals surface area contributed by atoms with Crippen LogP contribution in [0.1, 0.15) is 12.0 Å². The Morgan fingerprint density at radius 3 is 2.47 bits per heavy atom. The maximum atomic E-state index is 10.6. The number of methoxy groups -OCH3 is 2. The summed E-state index contributed by atoms with van der Waals surface area (Å²) < 4.78 is 40.2. The minimum atomic E-state index is -3.90. The molecule has 0 aromatic heterocycles. The lowest BCUT2D eigenvalue weighted by Gasteiger charge is -2.14. The maximum Gasteiger partial charge on any atom is 0.264 e. The molecule has 0 atom stereocenters. The second kappa shape index (κ2) is 6.63. The van der Waals surface area contributed by atoms with Crippen molar-refractivity contribution in [3.05, 3.63) is 17.7 Å². The van der Waals surface area contributed by atoms with Crippen LogP contribution in [0.2, 0.25) is 0 Å². The molecule has 6 nitrogen and oxygen atoms in total. The van der Waals surface area contributed by atoms with E-state index >= 15 is 0 Å². The molecule has 0 unspecified atom stereocenters. The molecule has 0 heterocycles. The Labute approximate surface area is 113 Å². The van der Waals surface area contributed by atoms with Crippen LogP contribution in [-0.2, 0) is 10.1 Å². The normalized spacial score (nSPS) is 11.2. The highest BCUT2D eigenvalue weighted by Gasteiger charge is 2.09. The van der Waals surface area contributed by atoms with Crippen molar-refractivity contribution >= 4 is 15.8 Å². The summed E-state index contributed by atoms with van der Waals surface area (Å²) in [5.74, 6) is 1.08. The van der Waals surface area contributed by atoms with E-state index in [1.54, 1.807) is 20.3 Å². The van der Waals surface area contributed by atoms with Crippen molar-refractivity contribution in [2.75, 3.05) is 31.8 Å². The van der Waals surface area contributed by atoms with Crippen molar-refractivity contribution in [1.29, 1.82) is 0 Å². The lowest BCUT2D eigenvalue weighted by molar-refractivity contribution is 0.392. The average molecular weight is 289 g/mol. The highest BCUT2D eigenvalue weighted by atomic mass is 32.2. The number of hydrogen-bond acceptors (Lipinski definition) is 5. The van der Waals surface area contributed by atoms with Gasteiger partial charge in [0, 0.05) is 29.9 Å². The molecule has 0 aliphatic heterocycles. The first-order chi connectivity index (χ1) is 8.87. The van der Waals surface area contributed by atoms with Gasteiger partial charge in [0.05, 0.1) is 20.0 Å². The molecule has 0 saturated carbocycles. The summed E-state index contributed by atoms with van der Waals surface area (Å²) in [4.78, 5) is 0. The fraction of sp³-hybridized carbons (Fsp3) is 0.500. The maximum absolute atomic E-state index is 10.6. The molecule has 0 spiro atoms. The molecule has 0 radical (unpaired) electrons. The molecule has 0 aliphatic carbocycles. The van der Waals surface area contributed by atoms with Crippen molar-refractivity contribution in [3.8, 4) is 11.5 Å². The van der Waals surface area contributed by atoms with Crippen molar-refractivity contribution < 1.29 is 22.4 Å². The van der Waals surface area contributed by atoms with Gasteiger partial charge in [-0.05, 0) is 13.3 Å². The lowest BCUT2D eigenvalue weighted by atomic mass is 10.1. The standard InChI is InChI=1S/C12H19NO5S/c1-9-11(13-5-4-6-19(14,15)16)7-10(17-2)8-12(9)18-3/h7-8,13H,4-6H2,1-3H3,(H,14,15,16). The molecule has 2 N–H and O–H groups in total. The summed E-state index contributed by atoms with van der Waals surface area (Å²) in [5.41, 5.74) is 1.72. The molecular weight excluding hydrogens is 270 g/mol. The van der Waals surface area contributed by atoms with Gasteiger partial charge in [-0.3, -0.25) is 4.55 Å². The zero-order chi connectivity index (χ0) is 14.5. The van der Waals surface area contributed by atoms with Gasteiger partial charge in [-0.25, -0.2) is 0 Å². The minimum absolute atomic E-state index is 0.264. The highest BCUT2D eigenvalue weighted by molar-refractivity contribution is 7.85. The third-order valence-corrected chi connectivity index (χ3v) is 3.49. The minimum Gasteiger partial charge on any atom is -0.497 e. The van der Waals surface area contributed by atoms with Crippen molar-refractivity contribution in [2.45, 2.75) is 13.3 Å². The highest BCUT2D eigenvalue weighted by Crippen LogP contribution is 2.31. The average Bonchev–Trinajstić information content (AvgIpc) is 2.35. The van der Waals surface area contributed by atoms with Gasteiger partial charge in [-0.2, -0.15) is 8.42 Å². The van der Waals surface area contributed by atoms with Crippen LogP contribution >= 0.6 is 0 Å². The third kappa shape index (κ3) is 4.96. The Bertz CT molecular complexity index is 527. The molecule has 1 rings (SSSR count). The molecular formula is C12H19NO5S. The molecule has 1 aromatic carbocycles. The van der Waals surface area contributed by atoms with Gasteiger partial charge < -0.3 is 14.8 Å². The van der Waals surface area contributed by atoms with Crippen molar-refractivity contribution in [1.82, 2.24) is 0 Å². The number of nitrogens with one attached hydrogen (secondary N) is 1. The molecule has 0 bridgehead atoms. The summed E-state index contributed by atoms with van der Waals surface area (Å²) in [5, 5.41) is 3.10. The van der Waals surface area contributed by atoms with Crippen LogP contribution in [0, 0.1) is 6.92 Å². The van der Waals surface area contributed by atoms with Crippen LogP contribution in [0.15, 0.2) is 12.1 Å². The van der Waals surface area contributed by atoms with E-state index in [1.807, 2.05) is 13.0 Å². The van der Waals surface area contributed by atoms with E-state index in [0.29, 0.717) is 24.5 Å².